The number of anilines is 1. The maximum absolute atomic E-state index is 13.3. The van der Waals surface area contributed by atoms with Gasteiger partial charge in [-0.25, -0.2) is 8.42 Å². The van der Waals surface area contributed by atoms with E-state index in [1.165, 1.54) is 18.2 Å². The standard InChI is InChI=1S/C23H27ClN2O5S/c1-4-5-12-26-21(27)14-18(22(26)15-6-8-16(31-2)9-7-15)23(28)25-20-13-17(32(3,29)30)10-11-19(20)24/h6-11,13,18,22H,4-5,12,14H2,1-3H3,(H,25,28)/t18-,22-/m1/s1. The van der Waals surface area contributed by atoms with E-state index in [2.05, 4.69) is 5.32 Å². The monoisotopic (exact) mass is 478 g/mol. The van der Waals surface area contributed by atoms with Crippen molar-refractivity contribution in [1.29, 1.82) is 0 Å². The van der Waals surface area contributed by atoms with Crippen molar-refractivity contribution in [3.05, 3.63) is 53.1 Å². The molecule has 0 aromatic heterocycles. The van der Waals surface area contributed by atoms with Crippen LogP contribution in [0.2, 0.25) is 5.02 Å². The van der Waals surface area contributed by atoms with Crippen LogP contribution in [0.4, 0.5) is 5.69 Å². The molecular formula is C23H27ClN2O5S. The van der Waals surface area contributed by atoms with Gasteiger partial charge in [-0.05, 0) is 42.3 Å². The number of nitrogens with one attached hydrogen (secondary N) is 1. The maximum atomic E-state index is 13.3. The van der Waals surface area contributed by atoms with Crippen LogP contribution in [-0.4, -0.2) is 45.0 Å². The van der Waals surface area contributed by atoms with E-state index in [0.717, 1.165) is 24.7 Å². The number of hydrogen-bond donors (Lipinski definition) is 1. The van der Waals surface area contributed by atoms with E-state index < -0.39 is 21.8 Å². The van der Waals surface area contributed by atoms with Gasteiger partial charge in [0.25, 0.3) is 0 Å². The quantitative estimate of drug-likeness (QED) is 0.617. The highest BCUT2D eigenvalue weighted by Gasteiger charge is 2.44. The zero-order valence-corrected chi connectivity index (χ0v) is 19.9. The Labute approximate surface area is 193 Å². The first-order valence-corrected chi connectivity index (χ1v) is 12.7. The van der Waals surface area contributed by atoms with Crippen LogP contribution < -0.4 is 10.1 Å². The van der Waals surface area contributed by atoms with Gasteiger partial charge in [0.15, 0.2) is 9.84 Å². The van der Waals surface area contributed by atoms with Crippen molar-refractivity contribution >= 4 is 38.9 Å². The summed E-state index contributed by atoms with van der Waals surface area (Å²) in [6.07, 6.45) is 2.90. The summed E-state index contributed by atoms with van der Waals surface area (Å²) < 4.78 is 29.0. The largest absolute Gasteiger partial charge is 0.497 e. The summed E-state index contributed by atoms with van der Waals surface area (Å²) in [5, 5.41) is 2.97. The number of nitrogens with zero attached hydrogens (tertiary/aromatic N) is 1. The highest BCUT2D eigenvalue weighted by molar-refractivity contribution is 7.90. The molecule has 172 valence electrons. The summed E-state index contributed by atoms with van der Waals surface area (Å²) in [6.45, 7) is 2.60. The Bertz CT molecular complexity index is 1100. The summed E-state index contributed by atoms with van der Waals surface area (Å²) in [5.74, 6) is -0.435. The Morgan fingerprint density at radius 3 is 2.50 bits per heavy atom. The number of carbonyl (C=O) groups is 2. The van der Waals surface area contributed by atoms with E-state index >= 15 is 0 Å². The van der Waals surface area contributed by atoms with Crippen LogP contribution in [0.15, 0.2) is 47.4 Å². The topological polar surface area (TPSA) is 92.8 Å². The van der Waals surface area contributed by atoms with Crippen molar-refractivity contribution in [3.63, 3.8) is 0 Å². The van der Waals surface area contributed by atoms with Crippen LogP contribution in [0.1, 0.15) is 37.8 Å². The number of benzene rings is 2. The lowest BCUT2D eigenvalue weighted by atomic mass is 9.92. The molecule has 0 aliphatic carbocycles. The molecule has 7 nitrogen and oxygen atoms in total. The number of hydrogen-bond acceptors (Lipinski definition) is 5. The van der Waals surface area contributed by atoms with E-state index in [0.29, 0.717) is 12.3 Å². The van der Waals surface area contributed by atoms with Crippen LogP contribution in [0.5, 0.6) is 5.75 Å². The molecule has 1 aliphatic rings. The van der Waals surface area contributed by atoms with Gasteiger partial charge in [0.2, 0.25) is 11.8 Å². The number of halogens is 1. The summed E-state index contributed by atoms with van der Waals surface area (Å²) in [4.78, 5) is 27.9. The summed E-state index contributed by atoms with van der Waals surface area (Å²) in [6, 6.07) is 11.0. The molecule has 2 aromatic rings. The Kier molecular flexibility index (Phi) is 7.46. The Hall–Kier alpha value is -2.58. The second kappa shape index (κ2) is 9.92. The molecule has 1 aliphatic heterocycles. The molecule has 1 fully saturated rings. The Morgan fingerprint density at radius 2 is 1.91 bits per heavy atom. The van der Waals surface area contributed by atoms with Crippen LogP contribution in [-0.2, 0) is 19.4 Å². The van der Waals surface area contributed by atoms with Gasteiger partial charge in [-0.15, -0.1) is 0 Å². The van der Waals surface area contributed by atoms with Crippen LogP contribution >= 0.6 is 11.6 Å². The number of amides is 2. The minimum absolute atomic E-state index is 0.0518. The lowest BCUT2D eigenvalue weighted by Crippen LogP contribution is -2.33. The fraction of sp³-hybridized carbons (Fsp3) is 0.391. The van der Waals surface area contributed by atoms with Gasteiger partial charge >= 0.3 is 0 Å². The van der Waals surface area contributed by atoms with E-state index in [-0.39, 0.29) is 33.8 Å². The SMILES string of the molecule is CCCCN1C(=O)C[C@@H](C(=O)Nc2cc(S(C)(=O)=O)ccc2Cl)[C@H]1c1ccc(OC)cc1. The molecule has 2 atom stereocenters. The molecule has 9 heteroatoms. The number of likely N-dealkylation sites (tertiary alicyclic amines) is 1. The minimum atomic E-state index is -3.47. The molecular weight excluding hydrogens is 452 g/mol. The van der Waals surface area contributed by atoms with Crippen LogP contribution in [0, 0.1) is 5.92 Å². The number of methoxy groups -OCH3 is 1. The van der Waals surface area contributed by atoms with Gasteiger partial charge in [-0.3, -0.25) is 9.59 Å². The third-order valence-corrected chi connectivity index (χ3v) is 7.04. The van der Waals surface area contributed by atoms with E-state index in [1.54, 1.807) is 24.1 Å². The minimum Gasteiger partial charge on any atom is -0.497 e. The third kappa shape index (κ3) is 5.24. The fourth-order valence-electron chi connectivity index (χ4n) is 3.89. The maximum Gasteiger partial charge on any atom is 0.230 e. The predicted octanol–water partition coefficient (Wildman–Crippen LogP) is 4.08. The first kappa shape index (κ1) is 24.1. The van der Waals surface area contributed by atoms with Gasteiger partial charge in [-0.1, -0.05) is 37.1 Å². The van der Waals surface area contributed by atoms with Gasteiger partial charge in [-0.2, -0.15) is 0 Å². The second-order valence-corrected chi connectivity index (χ2v) is 10.3. The Morgan fingerprint density at radius 1 is 1.22 bits per heavy atom. The first-order chi connectivity index (χ1) is 15.2. The van der Waals surface area contributed by atoms with E-state index in [1.807, 2.05) is 19.1 Å². The second-order valence-electron chi connectivity index (χ2n) is 7.87. The molecule has 2 amide bonds. The van der Waals surface area contributed by atoms with Gasteiger partial charge < -0.3 is 15.0 Å². The number of sulfone groups is 1. The molecule has 0 unspecified atom stereocenters. The van der Waals surface area contributed by atoms with Crippen LogP contribution in [0.25, 0.3) is 0 Å². The van der Waals surface area contributed by atoms with Gasteiger partial charge in [0.05, 0.1) is 34.7 Å². The predicted molar refractivity (Wildman–Crippen MR) is 124 cm³/mol. The third-order valence-electron chi connectivity index (χ3n) is 5.60. The average Bonchev–Trinajstić information content (AvgIpc) is 3.09. The zero-order chi connectivity index (χ0) is 23.5. The number of rotatable bonds is 8. The van der Waals surface area contributed by atoms with Crippen molar-refractivity contribution in [2.24, 2.45) is 5.92 Å². The molecule has 0 radical (unpaired) electrons. The molecule has 1 N–H and O–H groups in total. The smallest absolute Gasteiger partial charge is 0.230 e. The molecule has 0 spiro atoms. The van der Waals surface area contributed by atoms with Crippen molar-refractivity contribution in [1.82, 2.24) is 4.90 Å². The van der Waals surface area contributed by atoms with Crippen molar-refractivity contribution < 1.29 is 22.7 Å². The normalized spacial score (nSPS) is 18.6. The molecule has 32 heavy (non-hydrogen) atoms. The summed E-state index contributed by atoms with van der Waals surface area (Å²) in [5.41, 5.74) is 1.04. The first-order valence-electron chi connectivity index (χ1n) is 10.4. The fourth-order valence-corrected chi connectivity index (χ4v) is 4.70. The van der Waals surface area contributed by atoms with Crippen molar-refractivity contribution in [2.75, 3.05) is 25.2 Å². The van der Waals surface area contributed by atoms with E-state index in [4.69, 9.17) is 16.3 Å². The van der Waals surface area contributed by atoms with Gasteiger partial charge in [0.1, 0.15) is 5.75 Å². The van der Waals surface area contributed by atoms with Crippen LogP contribution in [0.3, 0.4) is 0 Å². The highest BCUT2D eigenvalue weighted by Crippen LogP contribution is 2.40. The van der Waals surface area contributed by atoms with E-state index in [9.17, 15) is 18.0 Å². The summed E-state index contributed by atoms with van der Waals surface area (Å²) in [7, 11) is -1.89. The molecule has 0 bridgehead atoms. The molecule has 1 heterocycles. The molecule has 3 rings (SSSR count). The average molecular weight is 479 g/mol. The molecule has 0 saturated carbocycles. The lowest BCUT2D eigenvalue weighted by Gasteiger charge is -2.28. The lowest BCUT2D eigenvalue weighted by molar-refractivity contribution is -0.129. The number of ether oxygens (including phenoxy) is 1. The number of unbranched alkanes of at least 4 members (excludes halogenated alkanes) is 1. The van der Waals surface area contributed by atoms with Gasteiger partial charge in [0, 0.05) is 19.2 Å². The van der Waals surface area contributed by atoms with Crippen molar-refractivity contribution in [3.8, 4) is 5.75 Å². The highest BCUT2D eigenvalue weighted by atomic mass is 35.5. The molecule has 2 aromatic carbocycles. The van der Waals surface area contributed by atoms with Crippen molar-refractivity contribution in [2.45, 2.75) is 37.1 Å². The summed E-state index contributed by atoms with van der Waals surface area (Å²) >= 11 is 6.21. The Balaban J connectivity index is 1.93. The zero-order valence-electron chi connectivity index (χ0n) is 18.3. The molecule has 1 saturated heterocycles. The number of carbonyl (C=O) groups excluding carboxylic acids is 2.